The molecule has 1 aromatic heterocycles. The molecule has 0 radical (unpaired) electrons. The lowest BCUT2D eigenvalue weighted by atomic mass is 10.1. The number of hydrogen-bond acceptors (Lipinski definition) is 3. The van der Waals surface area contributed by atoms with Crippen molar-refractivity contribution in [2.45, 2.75) is 25.3 Å². The van der Waals surface area contributed by atoms with Crippen LogP contribution in [0.4, 0.5) is 15.0 Å². The van der Waals surface area contributed by atoms with Crippen LogP contribution in [-0.2, 0) is 0 Å². The largest absolute Gasteiger partial charge is 0.492 e. The number of nitrogens with zero attached hydrogens (tertiary/aromatic N) is 2. The van der Waals surface area contributed by atoms with Gasteiger partial charge in [0.2, 0.25) is 0 Å². The van der Waals surface area contributed by atoms with E-state index < -0.39 is 5.82 Å². The van der Waals surface area contributed by atoms with E-state index in [9.17, 15) is 9.18 Å². The van der Waals surface area contributed by atoms with E-state index in [-0.39, 0.29) is 23.0 Å². The van der Waals surface area contributed by atoms with Crippen molar-refractivity contribution in [3.8, 4) is 5.75 Å². The van der Waals surface area contributed by atoms with E-state index in [0.717, 1.165) is 0 Å². The number of nitrogens with one attached hydrogen (secondary N) is 1. The number of urea groups is 1. The SMILES string of the molecule is CCOc1ccc(F)c(C2CC2NC(=O)N(C)c2ccc(Cl)cn2)c1Cl. The Bertz CT molecular complexity index is 817. The van der Waals surface area contributed by atoms with Crippen molar-refractivity contribution in [1.82, 2.24) is 10.3 Å². The zero-order valence-electron chi connectivity index (χ0n) is 14.3. The van der Waals surface area contributed by atoms with E-state index in [1.54, 1.807) is 19.2 Å². The number of rotatable bonds is 5. The van der Waals surface area contributed by atoms with Crippen molar-refractivity contribution in [2.24, 2.45) is 0 Å². The Balaban J connectivity index is 1.68. The fraction of sp³-hybridized carbons (Fsp3) is 0.333. The van der Waals surface area contributed by atoms with Gasteiger partial charge in [0, 0.05) is 30.8 Å². The number of anilines is 1. The first-order chi connectivity index (χ1) is 12.4. The topological polar surface area (TPSA) is 54.5 Å². The number of benzene rings is 1. The average Bonchev–Trinajstić information content (AvgIpc) is 3.36. The van der Waals surface area contributed by atoms with Crippen LogP contribution in [0.25, 0.3) is 0 Å². The molecule has 138 valence electrons. The van der Waals surface area contributed by atoms with Gasteiger partial charge in [-0.05, 0) is 37.6 Å². The summed E-state index contributed by atoms with van der Waals surface area (Å²) in [7, 11) is 1.60. The molecule has 1 saturated carbocycles. The molecule has 8 heteroatoms. The Morgan fingerprint density at radius 2 is 2.15 bits per heavy atom. The quantitative estimate of drug-likeness (QED) is 0.799. The lowest BCUT2D eigenvalue weighted by molar-refractivity contribution is 0.246. The minimum absolute atomic E-state index is 0.182. The molecule has 1 aliphatic rings. The van der Waals surface area contributed by atoms with E-state index >= 15 is 0 Å². The number of pyridine rings is 1. The summed E-state index contributed by atoms with van der Waals surface area (Å²) in [6.07, 6.45) is 2.08. The molecule has 1 heterocycles. The van der Waals surface area contributed by atoms with Gasteiger partial charge in [0.15, 0.2) is 0 Å². The van der Waals surface area contributed by atoms with E-state index in [2.05, 4.69) is 10.3 Å². The van der Waals surface area contributed by atoms with Gasteiger partial charge in [-0.25, -0.2) is 14.2 Å². The van der Waals surface area contributed by atoms with Crippen LogP contribution in [0.2, 0.25) is 10.0 Å². The molecule has 5 nitrogen and oxygen atoms in total. The average molecular weight is 398 g/mol. The number of carbonyl (C=O) groups is 1. The molecule has 3 rings (SSSR count). The predicted molar refractivity (Wildman–Crippen MR) is 99.9 cm³/mol. The van der Waals surface area contributed by atoms with E-state index in [1.165, 1.54) is 23.2 Å². The summed E-state index contributed by atoms with van der Waals surface area (Å²) in [6.45, 7) is 2.27. The van der Waals surface area contributed by atoms with Gasteiger partial charge < -0.3 is 10.1 Å². The third kappa shape index (κ3) is 3.86. The van der Waals surface area contributed by atoms with Gasteiger partial charge in [-0.3, -0.25) is 4.90 Å². The van der Waals surface area contributed by atoms with E-state index in [1.807, 2.05) is 6.92 Å². The van der Waals surface area contributed by atoms with Crippen molar-refractivity contribution < 1.29 is 13.9 Å². The van der Waals surface area contributed by atoms with Crippen LogP contribution >= 0.6 is 23.2 Å². The maximum atomic E-state index is 14.2. The molecule has 0 spiro atoms. The normalized spacial score (nSPS) is 18.3. The Morgan fingerprint density at radius 1 is 1.38 bits per heavy atom. The second-order valence-electron chi connectivity index (χ2n) is 6.00. The van der Waals surface area contributed by atoms with Gasteiger partial charge in [-0.1, -0.05) is 23.2 Å². The molecule has 2 atom stereocenters. The summed E-state index contributed by atoms with van der Waals surface area (Å²) in [6, 6.07) is 5.63. The molecule has 2 aromatic rings. The standard InChI is InChI=1S/C18H18Cl2FN3O2/c1-3-26-14-6-5-12(21)16(17(14)20)11-8-13(11)23-18(25)24(2)15-7-4-10(19)9-22-15/h4-7,9,11,13H,3,8H2,1-2H3,(H,23,25). The summed E-state index contributed by atoms with van der Waals surface area (Å²) in [5, 5.41) is 3.62. The molecule has 0 aliphatic heterocycles. The van der Waals surface area contributed by atoms with Gasteiger partial charge in [0.05, 0.1) is 16.7 Å². The molecule has 0 saturated heterocycles. The highest BCUT2D eigenvalue weighted by molar-refractivity contribution is 6.33. The molecule has 1 aromatic carbocycles. The van der Waals surface area contributed by atoms with Crippen LogP contribution in [-0.4, -0.2) is 30.7 Å². The van der Waals surface area contributed by atoms with Crippen molar-refractivity contribution >= 4 is 35.1 Å². The third-order valence-corrected chi connectivity index (χ3v) is 4.83. The second-order valence-corrected chi connectivity index (χ2v) is 6.81. The van der Waals surface area contributed by atoms with Crippen LogP contribution in [0.1, 0.15) is 24.8 Å². The van der Waals surface area contributed by atoms with Crippen molar-refractivity contribution in [3.05, 3.63) is 51.9 Å². The molecule has 1 N–H and O–H groups in total. The van der Waals surface area contributed by atoms with Crippen LogP contribution in [0.5, 0.6) is 5.75 Å². The highest BCUT2D eigenvalue weighted by atomic mass is 35.5. The molecule has 2 amide bonds. The third-order valence-electron chi connectivity index (χ3n) is 4.22. The fourth-order valence-corrected chi connectivity index (χ4v) is 3.22. The number of carbonyl (C=O) groups excluding carboxylic acids is 1. The maximum Gasteiger partial charge on any atom is 0.323 e. The molecule has 1 fully saturated rings. The van der Waals surface area contributed by atoms with Gasteiger partial charge in [0.1, 0.15) is 17.4 Å². The Kier molecular flexibility index (Phi) is 5.53. The molecule has 2 unspecified atom stereocenters. The summed E-state index contributed by atoms with van der Waals surface area (Å²) in [5.74, 6) is 0.336. The number of amides is 2. The number of ether oxygens (including phenoxy) is 1. The van der Waals surface area contributed by atoms with Crippen molar-refractivity contribution in [3.63, 3.8) is 0 Å². The zero-order valence-corrected chi connectivity index (χ0v) is 15.8. The molecule has 26 heavy (non-hydrogen) atoms. The first-order valence-corrected chi connectivity index (χ1v) is 8.94. The summed E-state index contributed by atoms with van der Waals surface area (Å²) in [5.41, 5.74) is 0.384. The highest BCUT2D eigenvalue weighted by Gasteiger charge is 2.43. The van der Waals surface area contributed by atoms with Crippen LogP contribution in [0.15, 0.2) is 30.5 Å². The molecule has 1 aliphatic carbocycles. The minimum atomic E-state index is -0.395. The monoisotopic (exact) mass is 397 g/mol. The zero-order chi connectivity index (χ0) is 18.8. The predicted octanol–water partition coefficient (Wildman–Crippen LogP) is 4.63. The molecule has 0 bridgehead atoms. The summed E-state index contributed by atoms with van der Waals surface area (Å²) < 4.78 is 19.7. The number of hydrogen-bond donors (Lipinski definition) is 1. The first-order valence-electron chi connectivity index (χ1n) is 8.18. The smallest absolute Gasteiger partial charge is 0.323 e. The van der Waals surface area contributed by atoms with Gasteiger partial charge >= 0.3 is 6.03 Å². The second kappa shape index (κ2) is 7.68. The Labute approximate surface area is 161 Å². The summed E-state index contributed by atoms with van der Waals surface area (Å²) >= 11 is 12.1. The van der Waals surface area contributed by atoms with Gasteiger partial charge in [-0.15, -0.1) is 0 Å². The van der Waals surface area contributed by atoms with E-state index in [0.29, 0.717) is 35.2 Å². The van der Waals surface area contributed by atoms with E-state index in [4.69, 9.17) is 27.9 Å². The lowest BCUT2D eigenvalue weighted by Crippen LogP contribution is -2.39. The van der Waals surface area contributed by atoms with Crippen molar-refractivity contribution in [1.29, 1.82) is 0 Å². The fourth-order valence-electron chi connectivity index (χ4n) is 2.76. The van der Waals surface area contributed by atoms with Crippen LogP contribution in [0, 0.1) is 5.82 Å². The maximum absolute atomic E-state index is 14.2. The first kappa shape index (κ1) is 18.7. The summed E-state index contributed by atoms with van der Waals surface area (Å²) in [4.78, 5) is 17.9. The van der Waals surface area contributed by atoms with Crippen LogP contribution in [0.3, 0.4) is 0 Å². The van der Waals surface area contributed by atoms with Crippen LogP contribution < -0.4 is 15.0 Å². The van der Waals surface area contributed by atoms with Gasteiger partial charge in [-0.2, -0.15) is 0 Å². The molecular weight excluding hydrogens is 380 g/mol. The minimum Gasteiger partial charge on any atom is -0.492 e. The highest BCUT2D eigenvalue weighted by Crippen LogP contribution is 2.47. The lowest BCUT2D eigenvalue weighted by Gasteiger charge is -2.17. The Hall–Kier alpha value is -2.05. The van der Waals surface area contributed by atoms with Crippen molar-refractivity contribution in [2.75, 3.05) is 18.6 Å². The Morgan fingerprint density at radius 3 is 2.81 bits per heavy atom. The number of aromatic nitrogens is 1. The van der Waals surface area contributed by atoms with Gasteiger partial charge in [0.25, 0.3) is 0 Å². The molecular formula is C18H18Cl2FN3O2. The number of halogens is 3.